The van der Waals surface area contributed by atoms with Gasteiger partial charge in [0.1, 0.15) is 0 Å². The van der Waals surface area contributed by atoms with Crippen molar-refractivity contribution in [1.29, 1.82) is 0 Å². The first-order valence-corrected chi connectivity index (χ1v) is 3.87. The van der Waals surface area contributed by atoms with Gasteiger partial charge in [-0.25, -0.2) is 0 Å². The average Bonchev–Trinajstić information content (AvgIpc) is 1.87. The summed E-state index contributed by atoms with van der Waals surface area (Å²) in [7, 11) is 0. The van der Waals surface area contributed by atoms with Gasteiger partial charge in [0.25, 0.3) is 0 Å². The van der Waals surface area contributed by atoms with Crippen LogP contribution in [0.1, 0.15) is 19.3 Å². The average molecular weight is 199 g/mol. The molecule has 0 aromatic rings. The molecule has 0 aromatic heterocycles. The molecule has 2 nitrogen and oxygen atoms in total. The molecule has 11 heavy (non-hydrogen) atoms. The monoisotopic (exact) mass is 198 g/mol. The first kappa shape index (κ1) is 11.5. The number of rotatable bonds is 0. The predicted molar refractivity (Wildman–Crippen MR) is 52.0 cm³/mol. The first-order valence-electron chi connectivity index (χ1n) is 3.87. The van der Waals surface area contributed by atoms with Crippen LogP contribution in [0.2, 0.25) is 0 Å². The van der Waals surface area contributed by atoms with Crippen LogP contribution in [-0.2, 0) is 0 Å². The van der Waals surface area contributed by atoms with Crippen LogP contribution in [0.3, 0.4) is 0 Å². The van der Waals surface area contributed by atoms with Crippen LogP contribution in [0.4, 0.5) is 0 Å². The van der Waals surface area contributed by atoms with E-state index in [0.29, 0.717) is 5.54 Å². The molecule has 2 fully saturated rings. The highest BCUT2D eigenvalue weighted by molar-refractivity contribution is 5.85. The van der Waals surface area contributed by atoms with Gasteiger partial charge >= 0.3 is 0 Å². The zero-order chi connectivity index (χ0) is 6.16. The van der Waals surface area contributed by atoms with Crippen molar-refractivity contribution >= 4 is 24.8 Å². The minimum atomic E-state index is 0. The minimum absolute atomic E-state index is 0. The zero-order valence-corrected chi connectivity index (χ0v) is 8.19. The smallest absolute Gasteiger partial charge is 0.0306 e. The molecule has 2 N–H and O–H groups in total. The molecule has 2 aliphatic rings. The van der Waals surface area contributed by atoms with E-state index in [1.807, 2.05) is 0 Å². The fourth-order valence-corrected chi connectivity index (χ4v) is 1.76. The molecule has 1 saturated heterocycles. The fraction of sp³-hybridized carbons (Fsp3) is 1.00. The van der Waals surface area contributed by atoms with E-state index in [9.17, 15) is 0 Å². The highest BCUT2D eigenvalue weighted by Crippen LogP contribution is 2.31. The molecule has 1 saturated carbocycles. The number of halogens is 2. The summed E-state index contributed by atoms with van der Waals surface area (Å²) < 4.78 is 0. The molecule has 1 heterocycles. The lowest BCUT2D eigenvalue weighted by atomic mass is 9.76. The van der Waals surface area contributed by atoms with Gasteiger partial charge in [0.15, 0.2) is 0 Å². The predicted octanol–water partition coefficient (Wildman–Crippen LogP) is 0.945. The molecule has 0 aromatic carbocycles. The Hall–Kier alpha value is 0.500. The molecule has 0 bridgehead atoms. The zero-order valence-electron chi connectivity index (χ0n) is 6.56. The second-order valence-corrected chi connectivity index (χ2v) is 3.24. The van der Waals surface area contributed by atoms with Gasteiger partial charge in [-0.05, 0) is 19.3 Å². The van der Waals surface area contributed by atoms with Crippen molar-refractivity contribution in [2.24, 2.45) is 0 Å². The molecule has 0 atom stereocenters. The van der Waals surface area contributed by atoms with Gasteiger partial charge in [0, 0.05) is 25.2 Å². The van der Waals surface area contributed by atoms with E-state index >= 15 is 0 Å². The summed E-state index contributed by atoms with van der Waals surface area (Å²) in [5, 5.41) is 6.98. The van der Waals surface area contributed by atoms with E-state index in [1.165, 1.54) is 32.4 Å². The maximum absolute atomic E-state index is 3.57. The van der Waals surface area contributed by atoms with Crippen LogP contribution in [0.25, 0.3) is 0 Å². The van der Waals surface area contributed by atoms with Crippen molar-refractivity contribution in [3.05, 3.63) is 0 Å². The molecule has 1 aliphatic heterocycles. The maximum atomic E-state index is 3.57. The molecule has 0 radical (unpaired) electrons. The quantitative estimate of drug-likeness (QED) is 0.606. The normalized spacial score (nSPS) is 26.2. The highest BCUT2D eigenvalue weighted by Gasteiger charge is 2.37. The SMILES string of the molecule is C1CC2(C1)CNCCN2.Cl.Cl. The van der Waals surface area contributed by atoms with Crippen molar-refractivity contribution < 1.29 is 0 Å². The van der Waals surface area contributed by atoms with Crippen molar-refractivity contribution in [1.82, 2.24) is 10.6 Å². The van der Waals surface area contributed by atoms with Crippen molar-refractivity contribution in [3.63, 3.8) is 0 Å². The van der Waals surface area contributed by atoms with Crippen molar-refractivity contribution in [2.75, 3.05) is 19.6 Å². The van der Waals surface area contributed by atoms with Gasteiger partial charge in [-0.2, -0.15) is 0 Å². The van der Waals surface area contributed by atoms with Gasteiger partial charge in [-0.15, -0.1) is 24.8 Å². The molecule has 4 heteroatoms. The van der Waals surface area contributed by atoms with Crippen molar-refractivity contribution in [2.45, 2.75) is 24.8 Å². The van der Waals surface area contributed by atoms with Crippen molar-refractivity contribution in [3.8, 4) is 0 Å². The largest absolute Gasteiger partial charge is 0.314 e. The van der Waals surface area contributed by atoms with Gasteiger partial charge in [0.2, 0.25) is 0 Å². The van der Waals surface area contributed by atoms with E-state index in [1.54, 1.807) is 0 Å². The summed E-state index contributed by atoms with van der Waals surface area (Å²) in [4.78, 5) is 0. The van der Waals surface area contributed by atoms with Crippen LogP contribution in [0.15, 0.2) is 0 Å². The number of hydrogen-bond acceptors (Lipinski definition) is 2. The molecular formula is C7H16Cl2N2. The summed E-state index contributed by atoms with van der Waals surface area (Å²) in [6.45, 7) is 3.52. The molecular weight excluding hydrogens is 183 g/mol. The second kappa shape index (κ2) is 4.51. The summed E-state index contributed by atoms with van der Waals surface area (Å²) in [6.07, 6.45) is 4.20. The maximum Gasteiger partial charge on any atom is 0.0306 e. The molecule has 0 unspecified atom stereocenters. The third-order valence-electron chi connectivity index (χ3n) is 2.58. The van der Waals surface area contributed by atoms with Gasteiger partial charge in [0.05, 0.1) is 0 Å². The third kappa shape index (κ3) is 2.22. The van der Waals surface area contributed by atoms with Crippen LogP contribution >= 0.6 is 24.8 Å². The van der Waals surface area contributed by atoms with Gasteiger partial charge in [-0.1, -0.05) is 0 Å². The van der Waals surface area contributed by atoms with E-state index in [0.717, 1.165) is 6.54 Å². The lowest BCUT2D eigenvalue weighted by Crippen LogP contribution is -2.62. The van der Waals surface area contributed by atoms with Crippen LogP contribution in [-0.4, -0.2) is 25.2 Å². The molecule has 1 spiro atoms. The number of nitrogens with one attached hydrogen (secondary N) is 2. The Kier molecular flexibility index (Phi) is 4.71. The Morgan fingerprint density at radius 2 is 1.73 bits per heavy atom. The number of piperazine rings is 1. The summed E-state index contributed by atoms with van der Waals surface area (Å²) in [5.74, 6) is 0. The Bertz CT molecular complexity index is 107. The van der Waals surface area contributed by atoms with Gasteiger partial charge in [-0.3, -0.25) is 0 Å². The van der Waals surface area contributed by atoms with Crippen LogP contribution in [0.5, 0.6) is 0 Å². The fourth-order valence-electron chi connectivity index (χ4n) is 1.76. The van der Waals surface area contributed by atoms with E-state index in [2.05, 4.69) is 10.6 Å². The first-order chi connectivity index (χ1) is 4.41. The Morgan fingerprint density at radius 1 is 1.00 bits per heavy atom. The Balaban J connectivity index is 0.000000500. The van der Waals surface area contributed by atoms with Crippen LogP contribution < -0.4 is 10.6 Å². The summed E-state index contributed by atoms with van der Waals surface area (Å²) in [6, 6.07) is 0. The summed E-state index contributed by atoms with van der Waals surface area (Å²) in [5.41, 5.74) is 0.540. The Labute approximate surface area is 80.3 Å². The molecule has 0 amide bonds. The highest BCUT2D eigenvalue weighted by atomic mass is 35.5. The second-order valence-electron chi connectivity index (χ2n) is 3.24. The third-order valence-corrected chi connectivity index (χ3v) is 2.58. The molecule has 68 valence electrons. The topological polar surface area (TPSA) is 24.1 Å². The van der Waals surface area contributed by atoms with E-state index in [-0.39, 0.29) is 24.8 Å². The summed E-state index contributed by atoms with van der Waals surface area (Å²) >= 11 is 0. The van der Waals surface area contributed by atoms with E-state index in [4.69, 9.17) is 0 Å². The molecule has 2 rings (SSSR count). The van der Waals surface area contributed by atoms with E-state index < -0.39 is 0 Å². The lowest BCUT2D eigenvalue weighted by Gasteiger charge is -2.45. The lowest BCUT2D eigenvalue weighted by molar-refractivity contribution is 0.158. The Morgan fingerprint density at radius 3 is 2.00 bits per heavy atom. The number of hydrogen-bond donors (Lipinski definition) is 2. The van der Waals surface area contributed by atoms with Gasteiger partial charge < -0.3 is 10.6 Å². The van der Waals surface area contributed by atoms with Crippen LogP contribution in [0, 0.1) is 0 Å². The standard InChI is InChI=1S/C7H14N2.2ClH/c1-2-7(3-1)6-8-4-5-9-7;;/h8-9H,1-6H2;2*1H. The molecule has 1 aliphatic carbocycles. The minimum Gasteiger partial charge on any atom is -0.314 e.